The molecule has 5 nitrogen and oxygen atoms in total. The van der Waals surface area contributed by atoms with Gasteiger partial charge in [0.15, 0.2) is 0 Å². The number of hydrogen-bond acceptors (Lipinski definition) is 3. The summed E-state index contributed by atoms with van der Waals surface area (Å²) in [5.74, 6) is -0.758. The predicted octanol–water partition coefficient (Wildman–Crippen LogP) is 4.78. The summed E-state index contributed by atoms with van der Waals surface area (Å²) in [5, 5.41) is 7.35. The molecule has 0 atom stereocenters. The van der Waals surface area contributed by atoms with E-state index in [4.69, 9.17) is 5.10 Å². The van der Waals surface area contributed by atoms with Crippen LogP contribution in [0.3, 0.4) is 0 Å². The number of nitrogens with zero attached hydrogens (tertiary/aromatic N) is 3. The number of halogens is 1. The van der Waals surface area contributed by atoms with Crippen LogP contribution in [0.1, 0.15) is 11.1 Å². The van der Waals surface area contributed by atoms with E-state index in [-0.39, 0.29) is 5.91 Å². The van der Waals surface area contributed by atoms with Crippen molar-refractivity contribution in [1.29, 1.82) is 0 Å². The van der Waals surface area contributed by atoms with Crippen LogP contribution < -0.4 is 5.32 Å². The van der Waals surface area contributed by atoms with E-state index in [0.717, 1.165) is 22.4 Å². The minimum absolute atomic E-state index is 0.353. The van der Waals surface area contributed by atoms with E-state index in [1.165, 1.54) is 18.2 Å². The molecule has 0 aliphatic heterocycles. The zero-order valence-electron chi connectivity index (χ0n) is 16.1. The van der Waals surface area contributed by atoms with Crippen LogP contribution in [0.5, 0.6) is 0 Å². The molecular weight excluding hydrogens is 379 g/mol. The Morgan fingerprint density at radius 1 is 1.07 bits per heavy atom. The lowest BCUT2D eigenvalue weighted by atomic mass is 10.1. The number of nitrogens with one attached hydrogen (secondary N) is 1. The maximum Gasteiger partial charge on any atom is 0.248 e. The van der Waals surface area contributed by atoms with Crippen LogP contribution in [-0.4, -0.2) is 20.7 Å². The fraction of sp³-hybridized carbons (Fsp3) is 0.0417. The van der Waals surface area contributed by atoms with Gasteiger partial charge in [0, 0.05) is 41.5 Å². The minimum atomic E-state index is -0.405. The molecule has 2 aromatic heterocycles. The maximum absolute atomic E-state index is 13.3. The second kappa shape index (κ2) is 8.96. The molecule has 6 heteroatoms. The third-order valence-electron chi connectivity index (χ3n) is 4.42. The molecule has 0 bridgehead atoms. The topological polar surface area (TPSA) is 59.8 Å². The SMILES string of the molecule is O=C(C=Cc1cn(Cc2ccccc2)nc1-c1cccnc1)Nc1cccc(F)c1. The van der Waals surface area contributed by atoms with E-state index in [2.05, 4.69) is 10.3 Å². The number of pyridine rings is 1. The van der Waals surface area contributed by atoms with Gasteiger partial charge < -0.3 is 5.32 Å². The van der Waals surface area contributed by atoms with Gasteiger partial charge in [-0.1, -0.05) is 36.4 Å². The van der Waals surface area contributed by atoms with Crippen LogP contribution in [0.2, 0.25) is 0 Å². The van der Waals surface area contributed by atoms with Gasteiger partial charge in [-0.2, -0.15) is 5.10 Å². The quantitative estimate of drug-likeness (QED) is 0.475. The fourth-order valence-electron chi connectivity index (χ4n) is 3.05. The number of carbonyl (C=O) groups excluding carboxylic acids is 1. The van der Waals surface area contributed by atoms with Crippen molar-refractivity contribution in [3.8, 4) is 11.3 Å². The van der Waals surface area contributed by atoms with Crippen molar-refractivity contribution >= 4 is 17.7 Å². The Bertz CT molecular complexity index is 1170. The Morgan fingerprint density at radius 2 is 1.93 bits per heavy atom. The molecule has 0 spiro atoms. The third-order valence-corrected chi connectivity index (χ3v) is 4.42. The van der Waals surface area contributed by atoms with Gasteiger partial charge in [0.2, 0.25) is 5.91 Å². The van der Waals surface area contributed by atoms with Crippen molar-refractivity contribution < 1.29 is 9.18 Å². The lowest BCUT2D eigenvalue weighted by molar-refractivity contribution is -0.111. The van der Waals surface area contributed by atoms with Crippen molar-refractivity contribution in [2.75, 3.05) is 5.32 Å². The lowest BCUT2D eigenvalue weighted by Gasteiger charge is -2.01. The predicted molar refractivity (Wildman–Crippen MR) is 115 cm³/mol. The van der Waals surface area contributed by atoms with Gasteiger partial charge in [-0.05, 0) is 42.0 Å². The van der Waals surface area contributed by atoms with E-state index in [1.54, 1.807) is 30.6 Å². The monoisotopic (exact) mass is 398 g/mol. The summed E-state index contributed by atoms with van der Waals surface area (Å²) in [6.07, 6.45) is 8.44. The lowest BCUT2D eigenvalue weighted by Crippen LogP contribution is -2.07. The Kier molecular flexibility index (Phi) is 5.75. The van der Waals surface area contributed by atoms with Crippen molar-refractivity contribution in [3.63, 3.8) is 0 Å². The first kappa shape index (κ1) is 19.3. The third kappa shape index (κ3) is 4.86. The minimum Gasteiger partial charge on any atom is -0.322 e. The number of rotatable bonds is 6. The summed E-state index contributed by atoms with van der Waals surface area (Å²) in [6.45, 7) is 0.609. The first-order chi connectivity index (χ1) is 14.7. The first-order valence-corrected chi connectivity index (χ1v) is 9.44. The molecule has 1 N–H and O–H groups in total. The van der Waals surface area contributed by atoms with E-state index in [9.17, 15) is 9.18 Å². The molecule has 0 saturated carbocycles. The Hall–Kier alpha value is -4.06. The summed E-state index contributed by atoms with van der Waals surface area (Å²) in [5.41, 5.74) is 3.89. The van der Waals surface area contributed by atoms with Crippen LogP contribution in [0, 0.1) is 5.82 Å². The molecule has 0 radical (unpaired) electrons. The van der Waals surface area contributed by atoms with E-state index >= 15 is 0 Å². The second-order valence-electron chi connectivity index (χ2n) is 6.69. The molecule has 2 aromatic carbocycles. The average Bonchev–Trinajstić information content (AvgIpc) is 3.16. The average molecular weight is 398 g/mol. The van der Waals surface area contributed by atoms with Crippen molar-refractivity contribution in [3.05, 3.63) is 108 Å². The second-order valence-corrected chi connectivity index (χ2v) is 6.69. The van der Waals surface area contributed by atoms with Gasteiger partial charge >= 0.3 is 0 Å². The zero-order chi connectivity index (χ0) is 20.8. The smallest absolute Gasteiger partial charge is 0.248 e. The number of amides is 1. The highest BCUT2D eigenvalue weighted by Crippen LogP contribution is 2.23. The normalized spacial score (nSPS) is 11.0. The molecule has 0 aliphatic rings. The molecule has 0 unspecified atom stereocenters. The number of anilines is 1. The molecule has 4 aromatic rings. The molecule has 0 aliphatic carbocycles. The fourth-order valence-corrected chi connectivity index (χ4v) is 3.05. The molecule has 30 heavy (non-hydrogen) atoms. The molecule has 0 saturated heterocycles. The molecular formula is C24H19FN4O. The zero-order valence-corrected chi connectivity index (χ0v) is 16.1. The van der Waals surface area contributed by atoms with Crippen LogP contribution >= 0.6 is 0 Å². The number of hydrogen-bond donors (Lipinski definition) is 1. The molecule has 4 rings (SSSR count). The number of benzene rings is 2. The van der Waals surface area contributed by atoms with Gasteiger partial charge in [0.1, 0.15) is 11.5 Å². The summed E-state index contributed by atoms with van der Waals surface area (Å²) in [4.78, 5) is 16.4. The number of aromatic nitrogens is 3. The van der Waals surface area contributed by atoms with Gasteiger partial charge in [0.25, 0.3) is 0 Å². The van der Waals surface area contributed by atoms with Crippen molar-refractivity contribution in [2.24, 2.45) is 0 Å². The van der Waals surface area contributed by atoms with E-state index < -0.39 is 5.82 Å². The van der Waals surface area contributed by atoms with E-state index in [0.29, 0.717) is 12.2 Å². The highest BCUT2D eigenvalue weighted by molar-refractivity contribution is 6.02. The van der Waals surface area contributed by atoms with Gasteiger partial charge in [0.05, 0.1) is 6.54 Å². The highest BCUT2D eigenvalue weighted by Gasteiger charge is 2.10. The molecule has 0 fully saturated rings. The van der Waals surface area contributed by atoms with Gasteiger partial charge in [-0.3, -0.25) is 14.5 Å². The first-order valence-electron chi connectivity index (χ1n) is 9.44. The summed E-state index contributed by atoms with van der Waals surface area (Å²) in [7, 11) is 0. The molecule has 148 valence electrons. The van der Waals surface area contributed by atoms with Crippen LogP contribution in [0.15, 0.2) is 91.4 Å². The van der Waals surface area contributed by atoms with Crippen LogP contribution in [-0.2, 0) is 11.3 Å². The van der Waals surface area contributed by atoms with Crippen LogP contribution in [0.25, 0.3) is 17.3 Å². The highest BCUT2D eigenvalue weighted by atomic mass is 19.1. The largest absolute Gasteiger partial charge is 0.322 e. The van der Waals surface area contributed by atoms with Gasteiger partial charge in [-0.25, -0.2) is 4.39 Å². The number of carbonyl (C=O) groups is 1. The maximum atomic E-state index is 13.3. The molecule has 2 heterocycles. The van der Waals surface area contributed by atoms with Crippen LogP contribution in [0.4, 0.5) is 10.1 Å². The van der Waals surface area contributed by atoms with Crippen molar-refractivity contribution in [1.82, 2.24) is 14.8 Å². The standard InChI is InChI=1S/C24H19FN4O/c25-21-9-4-10-22(14-21)27-23(30)12-11-20-17-29(16-18-6-2-1-3-7-18)28-24(20)19-8-5-13-26-15-19/h1-15,17H,16H2,(H,27,30). The Labute approximate surface area is 173 Å². The van der Waals surface area contributed by atoms with Gasteiger partial charge in [-0.15, -0.1) is 0 Å². The molecule has 1 amide bonds. The Balaban J connectivity index is 1.59. The summed E-state index contributed by atoms with van der Waals surface area (Å²) in [6, 6.07) is 19.5. The summed E-state index contributed by atoms with van der Waals surface area (Å²) >= 11 is 0. The Morgan fingerprint density at radius 3 is 2.70 bits per heavy atom. The van der Waals surface area contributed by atoms with Crippen molar-refractivity contribution in [2.45, 2.75) is 6.54 Å². The van der Waals surface area contributed by atoms with E-state index in [1.807, 2.05) is 53.3 Å². The summed E-state index contributed by atoms with van der Waals surface area (Å²) < 4.78 is 15.1.